The number of hydrogen-bond donors (Lipinski definition) is 1. The summed E-state index contributed by atoms with van der Waals surface area (Å²) in [7, 11) is 2.15. The first-order chi connectivity index (χ1) is 13.9. The van der Waals surface area contributed by atoms with Crippen molar-refractivity contribution in [3.8, 4) is 0 Å². The molecule has 1 atom stereocenters. The van der Waals surface area contributed by atoms with Crippen molar-refractivity contribution in [3.63, 3.8) is 0 Å². The average molecular weight is 431 g/mol. The SMILES string of the molecule is CN1CCc2c(n(CC(CC(=O)O)c3ccc(Cl)cc3)c3ccc(Cl)cc23)CC1. The lowest BCUT2D eigenvalue weighted by Crippen LogP contribution is -2.22. The van der Waals surface area contributed by atoms with Gasteiger partial charge in [0.05, 0.1) is 6.42 Å². The molecule has 0 spiro atoms. The molecule has 1 aromatic heterocycles. The Bertz CT molecular complexity index is 1040. The number of carboxylic acid groups (broad SMARTS) is 1. The van der Waals surface area contributed by atoms with Gasteiger partial charge < -0.3 is 14.6 Å². The van der Waals surface area contributed by atoms with E-state index in [4.69, 9.17) is 23.2 Å². The number of hydrogen-bond acceptors (Lipinski definition) is 2. The summed E-state index contributed by atoms with van der Waals surface area (Å²) >= 11 is 12.4. The van der Waals surface area contributed by atoms with E-state index in [1.54, 1.807) is 0 Å². The Kier molecular flexibility index (Phi) is 5.86. The van der Waals surface area contributed by atoms with Crippen molar-refractivity contribution in [2.75, 3.05) is 20.1 Å². The van der Waals surface area contributed by atoms with E-state index in [0.29, 0.717) is 11.6 Å². The first-order valence-electron chi connectivity index (χ1n) is 9.87. The second kappa shape index (κ2) is 8.39. The second-order valence-electron chi connectivity index (χ2n) is 7.85. The highest BCUT2D eigenvalue weighted by atomic mass is 35.5. The van der Waals surface area contributed by atoms with E-state index in [0.717, 1.165) is 42.0 Å². The Hall–Kier alpha value is -2.01. The van der Waals surface area contributed by atoms with Crippen LogP contribution in [-0.2, 0) is 24.2 Å². The lowest BCUT2D eigenvalue weighted by atomic mass is 9.95. The summed E-state index contributed by atoms with van der Waals surface area (Å²) in [5.74, 6) is -0.934. The molecule has 1 aliphatic rings. The fraction of sp³-hybridized carbons (Fsp3) is 0.348. The van der Waals surface area contributed by atoms with Gasteiger partial charge >= 0.3 is 5.97 Å². The zero-order valence-electron chi connectivity index (χ0n) is 16.4. The Balaban J connectivity index is 1.81. The monoisotopic (exact) mass is 430 g/mol. The van der Waals surface area contributed by atoms with Gasteiger partial charge in [0.25, 0.3) is 0 Å². The predicted octanol–water partition coefficient (Wildman–Crippen LogP) is 5.24. The fourth-order valence-corrected chi connectivity index (χ4v) is 4.69. The second-order valence-corrected chi connectivity index (χ2v) is 8.72. The summed E-state index contributed by atoms with van der Waals surface area (Å²) in [5.41, 5.74) is 4.77. The molecular weight excluding hydrogens is 407 g/mol. The number of likely N-dealkylation sites (N-methyl/N-ethyl adjacent to an activating group) is 1. The molecule has 4 nitrogen and oxygen atoms in total. The van der Waals surface area contributed by atoms with Gasteiger partial charge in [-0.05, 0) is 54.9 Å². The van der Waals surface area contributed by atoms with E-state index in [9.17, 15) is 9.90 Å². The lowest BCUT2D eigenvalue weighted by Gasteiger charge is -2.20. The Morgan fingerprint density at radius 3 is 2.48 bits per heavy atom. The number of carboxylic acids is 1. The molecule has 4 rings (SSSR count). The maximum atomic E-state index is 11.6. The molecule has 0 radical (unpaired) electrons. The summed E-state index contributed by atoms with van der Waals surface area (Å²) in [6, 6.07) is 13.6. The maximum absolute atomic E-state index is 11.6. The van der Waals surface area contributed by atoms with Crippen LogP contribution in [0.2, 0.25) is 10.0 Å². The van der Waals surface area contributed by atoms with Gasteiger partial charge in [-0.25, -0.2) is 0 Å². The number of fused-ring (bicyclic) bond motifs is 3. The molecule has 2 aromatic carbocycles. The van der Waals surface area contributed by atoms with Gasteiger partial charge in [-0.15, -0.1) is 0 Å². The molecule has 1 aliphatic heterocycles. The van der Waals surface area contributed by atoms with Gasteiger partial charge in [-0.3, -0.25) is 4.79 Å². The van der Waals surface area contributed by atoms with E-state index in [1.807, 2.05) is 36.4 Å². The summed E-state index contributed by atoms with van der Waals surface area (Å²) in [6.45, 7) is 2.61. The molecule has 0 bridgehead atoms. The van der Waals surface area contributed by atoms with Gasteiger partial charge in [0, 0.05) is 58.6 Å². The summed E-state index contributed by atoms with van der Waals surface area (Å²) < 4.78 is 2.32. The van der Waals surface area contributed by atoms with Crippen molar-refractivity contribution in [2.45, 2.75) is 31.7 Å². The number of aromatic nitrogens is 1. The smallest absolute Gasteiger partial charge is 0.304 e. The van der Waals surface area contributed by atoms with Crippen LogP contribution >= 0.6 is 23.2 Å². The maximum Gasteiger partial charge on any atom is 0.304 e. The number of nitrogens with zero attached hydrogens (tertiary/aromatic N) is 2. The molecule has 0 saturated heterocycles. The third-order valence-electron chi connectivity index (χ3n) is 5.89. The van der Waals surface area contributed by atoms with Crippen molar-refractivity contribution >= 4 is 40.1 Å². The molecule has 0 fully saturated rings. The van der Waals surface area contributed by atoms with Crippen molar-refractivity contribution in [1.82, 2.24) is 9.47 Å². The van der Waals surface area contributed by atoms with Gasteiger partial charge in [0.1, 0.15) is 0 Å². The highest BCUT2D eigenvalue weighted by Gasteiger charge is 2.24. The zero-order chi connectivity index (χ0) is 20.5. The number of carbonyl (C=O) groups is 1. The third-order valence-corrected chi connectivity index (χ3v) is 6.37. The number of aliphatic carboxylic acids is 1. The van der Waals surface area contributed by atoms with Crippen molar-refractivity contribution in [2.24, 2.45) is 0 Å². The molecule has 1 N–H and O–H groups in total. The first kappa shape index (κ1) is 20.3. The minimum absolute atomic E-state index is 0.0730. The van der Waals surface area contributed by atoms with E-state index in [-0.39, 0.29) is 12.3 Å². The Morgan fingerprint density at radius 2 is 1.76 bits per heavy atom. The van der Waals surface area contributed by atoms with Crippen LogP contribution < -0.4 is 0 Å². The summed E-state index contributed by atoms with van der Waals surface area (Å²) in [4.78, 5) is 14.0. The summed E-state index contributed by atoms with van der Waals surface area (Å²) in [6.07, 6.45) is 1.99. The fourth-order valence-electron chi connectivity index (χ4n) is 4.39. The van der Waals surface area contributed by atoms with Gasteiger partial charge in [0.15, 0.2) is 0 Å². The Labute approximate surface area is 180 Å². The molecular formula is C23H24Cl2N2O2. The van der Waals surface area contributed by atoms with Gasteiger partial charge in [0.2, 0.25) is 0 Å². The molecule has 0 aliphatic carbocycles. The molecule has 0 saturated carbocycles. The standard InChI is InChI=1S/C23H24Cl2N2O2/c1-26-10-8-19-20-13-18(25)6-7-21(20)27(22(19)9-11-26)14-16(12-23(28)29)15-2-4-17(24)5-3-15/h2-7,13,16H,8-12,14H2,1H3,(H,28,29). The predicted molar refractivity (Wildman–Crippen MR) is 118 cm³/mol. The van der Waals surface area contributed by atoms with Crippen LogP contribution in [0.4, 0.5) is 0 Å². The molecule has 1 unspecified atom stereocenters. The van der Waals surface area contributed by atoms with Crippen molar-refractivity contribution in [1.29, 1.82) is 0 Å². The van der Waals surface area contributed by atoms with Crippen LogP contribution in [0.5, 0.6) is 0 Å². The molecule has 0 amide bonds. The minimum atomic E-state index is -0.796. The van der Waals surface area contributed by atoms with E-state index >= 15 is 0 Å². The van der Waals surface area contributed by atoms with Crippen LogP contribution in [0.3, 0.4) is 0 Å². The molecule has 3 aromatic rings. The molecule has 6 heteroatoms. The minimum Gasteiger partial charge on any atom is -0.481 e. The van der Waals surface area contributed by atoms with Crippen LogP contribution in [0.15, 0.2) is 42.5 Å². The highest BCUT2D eigenvalue weighted by molar-refractivity contribution is 6.31. The van der Waals surface area contributed by atoms with Crippen LogP contribution in [0.25, 0.3) is 10.9 Å². The van der Waals surface area contributed by atoms with Gasteiger partial charge in [-0.2, -0.15) is 0 Å². The third kappa shape index (κ3) is 4.30. The molecule has 29 heavy (non-hydrogen) atoms. The average Bonchev–Trinajstić information content (AvgIpc) is 2.81. The number of benzene rings is 2. The van der Waals surface area contributed by atoms with Crippen LogP contribution in [0, 0.1) is 0 Å². The highest BCUT2D eigenvalue weighted by Crippen LogP contribution is 2.34. The van der Waals surface area contributed by atoms with Crippen LogP contribution in [0.1, 0.15) is 29.2 Å². The topological polar surface area (TPSA) is 45.5 Å². The molecule has 2 heterocycles. The lowest BCUT2D eigenvalue weighted by molar-refractivity contribution is -0.137. The van der Waals surface area contributed by atoms with Crippen molar-refractivity contribution in [3.05, 3.63) is 69.3 Å². The quantitative estimate of drug-likeness (QED) is 0.601. The van der Waals surface area contributed by atoms with Crippen LogP contribution in [-0.4, -0.2) is 40.7 Å². The Morgan fingerprint density at radius 1 is 1.07 bits per heavy atom. The first-order valence-corrected chi connectivity index (χ1v) is 10.6. The van der Waals surface area contributed by atoms with Gasteiger partial charge in [-0.1, -0.05) is 35.3 Å². The van der Waals surface area contributed by atoms with E-state index in [1.165, 1.54) is 16.6 Å². The summed E-state index contributed by atoms with van der Waals surface area (Å²) in [5, 5.41) is 12.1. The zero-order valence-corrected chi connectivity index (χ0v) is 17.9. The normalized spacial score (nSPS) is 15.8. The largest absolute Gasteiger partial charge is 0.481 e. The number of halogens is 2. The van der Waals surface area contributed by atoms with E-state index in [2.05, 4.69) is 22.6 Å². The molecule has 152 valence electrons. The van der Waals surface area contributed by atoms with E-state index < -0.39 is 5.97 Å². The van der Waals surface area contributed by atoms with Crippen molar-refractivity contribution < 1.29 is 9.90 Å². The number of rotatable bonds is 5.